The maximum atomic E-state index is 13.1. The van der Waals surface area contributed by atoms with Crippen molar-refractivity contribution in [3.8, 4) is 0 Å². The van der Waals surface area contributed by atoms with E-state index in [0.717, 1.165) is 16.6 Å². The molecule has 1 N–H and O–H groups in total. The molecule has 0 unspecified atom stereocenters. The number of aromatic nitrogens is 2. The second-order valence-electron chi connectivity index (χ2n) is 6.27. The molecule has 0 aliphatic rings. The highest BCUT2D eigenvalue weighted by Gasteiger charge is 2.19. The van der Waals surface area contributed by atoms with Crippen molar-refractivity contribution in [1.29, 1.82) is 0 Å². The molecule has 1 atom stereocenters. The molecule has 0 aliphatic heterocycles. The zero-order chi connectivity index (χ0) is 19.5. The molecule has 1 aromatic heterocycles. The van der Waals surface area contributed by atoms with Gasteiger partial charge in [0, 0.05) is 16.3 Å². The van der Waals surface area contributed by atoms with Crippen LogP contribution in [0.1, 0.15) is 22.0 Å². The maximum Gasteiger partial charge on any atom is 0.264 e. The number of carbonyl (C=O) groups is 1. The summed E-state index contributed by atoms with van der Waals surface area (Å²) in [5.41, 5.74) is 2.86. The van der Waals surface area contributed by atoms with E-state index in [1.165, 1.54) is 11.8 Å². The number of carbonyl (C=O) groups excluding carboxylic acids is 1. The van der Waals surface area contributed by atoms with Gasteiger partial charge in [0.1, 0.15) is 0 Å². The minimum absolute atomic E-state index is 0.141. The molecule has 0 saturated carbocycles. The van der Waals surface area contributed by atoms with Crippen LogP contribution in [0.3, 0.4) is 0 Å². The van der Waals surface area contributed by atoms with Gasteiger partial charge in [-0.3, -0.25) is 9.36 Å². The molecule has 0 aliphatic carbocycles. The fourth-order valence-electron chi connectivity index (χ4n) is 2.94. The van der Waals surface area contributed by atoms with Gasteiger partial charge in [0.15, 0.2) is 5.16 Å². The molecule has 0 spiro atoms. The lowest BCUT2D eigenvalue weighted by atomic mass is 10.1. The van der Waals surface area contributed by atoms with Crippen molar-refractivity contribution in [1.82, 2.24) is 9.55 Å². The number of hydrogen-bond acceptors (Lipinski definition) is 4. The summed E-state index contributed by atoms with van der Waals surface area (Å²) in [7, 11) is 0. The van der Waals surface area contributed by atoms with Crippen molar-refractivity contribution < 1.29 is 9.90 Å². The molecule has 0 bridgehead atoms. The number of fused-ring (bicyclic) bond motifs is 1. The lowest BCUT2D eigenvalue weighted by Gasteiger charge is -2.12. The van der Waals surface area contributed by atoms with Gasteiger partial charge in [-0.15, -0.1) is 0 Å². The standard InChI is InChI=1S/C22H17ClN2O2S/c23-17-12-10-15(11-13-17)20(26)14-28-22-24-18-8-4-5-9-19(18)25(22)21(27)16-6-2-1-3-7-16/h1-13,20,26H,14H2/t20-/m1/s1. The van der Waals surface area contributed by atoms with E-state index >= 15 is 0 Å². The van der Waals surface area contributed by atoms with Crippen molar-refractivity contribution in [2.45, 2.75) is 11.3 Å². The van der Waals surface area contributed by atoms with Crippen molar-refractivity contribution in [3.63, 3.8) is 0 Å². The van der Waals surface area contributed by atoms with Gasteiger partial charge < -0.3 is 5.11 Å². The molecule has 1 heterocycles. The molecule has 4 nitrogen and oxygen atoms in total. The third kappa shape index (κ3) is 3.83. The monoisotopic (exact) mass is 408 g/mol. The number of aliphatic hydroxyl groups is 1. The summed E-state index contributed by atoms with van der Waals surface area (Å²) in [5, 5.41) is 11.7. The van der Waals surface area contributed by atoms with Gasteiger partial charge in [-0.2, -0.15) is 0 Å². The zero-order valence-corrected chi connectivity index (χ0v) is 16.4. The van der Waals surface area contributed by atoms with Gasteiger partial charge >= 0.3 is 0 Å². The molecule has 4 rings (SSSR count). The Balaban J connectivity index is 1.65. The van der Waals surface area contributed by atoms with Crippen LogP contribution in [0.4, 0.5) is 0 Å². The molecule has 0 saturated heterocycles. The quantitative estimate of drug-likeness (QED) is 0.461. The number of aliphatic hydroxyl groups excluding tert-OH is 1. The Bertz CT molecular complexity index is 1110. The van der Waals surface area contributed by atoms with Crippen LogP contribution >= 0.6 is 23.4 Å². The Labute approximate surface area is 171 Å². The largest absolute Gasteiger partial charge is 0.388 e. The lowest BCUT2D eigenvalue weighted by Crippen LogP contribution is -2.13. The smallest absolute Gasteiger partial charge is 0.264 e. The Morgan fingerprint density at radius 2 is 1.68 bits per heavy atom. The molecule has 0 fully saturated rings. The highest BCUT2D eigenvalue weighted by molar-refractivity contribution is 7.99. The van der Waals surface area contributed by atoms with E-state index in [1.807, 2.05) is 42.5 Å². The van der Waals surface area contributed by atoms with Gasteiger partial charge in [-0.05, 0) is 42.0 Å². The molecule has 0 amide bonds. The van der Waals surface area contributed by atoms with Crippen LogP contribution < -0.4 is 0 Å². The zero-order valence-electron chi connectivity index (χ0n) is 14.8. The number of para-hydroxylation sites is 2. The van der Waals surface area contributed by atoms with E-state index in [2.05, 4.69) is 4.98 Å². The van der Waals surface area contributed by atoms with Crippen molar-refractivity contribution in [2.75, 3.05) is 5.75 Å². The van der Waals surface area contributed by atoms with E-state index < -0.39 is 6.10 Å². The molecular formula is C22H17ClN2O2S. The number of benzene rings is 3. The number of rotatable bonds is 5. The molecule has 6 heteroatoms. The van der Waals surface area contributed by atoms with Crippen LogP contribution in [-0.2, 0) is 0 Å². The maximum absolute atomic E-state index is 13.1. The molecular weight excluding hydrogens is 392 g/mol. The number of imidazole rings is 1. The number of hydrogen-bond donors (Lipinski definition) is 1. The predicted molar refractivity (Wildman–Crippen MR) is 113 cm³/mol. The third-order valence-corrected chi connectivity index (χ3v) is 5.65. The summed E-state index contributed by atoms with van der Waals surface area (Å²) in [5.74, 6) is 0.227. The van der Waals surface area contributed by atoms with E-state index in [9.17, 15) is 9.90 Å². The number of halogens is 1. The van der Waals surface area contributed by atoms with Crippen LogP contribution in [0.2, 0.25) is 5.02 Å². The van der Waals surface area contributed by atoms with E-state index in [-0.39, 0.29) is 5.91 Å². The Morgan fingerprint density at radius 3 is 2.43 bits per heavy atom. The van der Waals surface area contributed by atoms with Crippen molar-refractivity contribution in [2.24, 2.45) is 0 Å². The minimum atomic E-state index is -0.692. The Morgan fingerprint density at radius 1 is 1.00 bits per heavy atom. The normalized spacial score (nSPS) is 12.2. The second kappa shape index (κ2) is 8.19. The van der Waals surface area contributed by atoms with Gasteiger partial charge in [0.2, 0.25) is 0 Å². The lowest BCUT2D eigenvalue weighted by molar-refractivity contribution is 0.0955. The van der Waals surface area contributed by atoms with Crippen molar-refractivity contribution >= 4 is 40.3 Å². The van der Waals surface area contributed by atoms with E-state index in [0.29, 0.717) is 21.5 Å². The van der Waals surface area contributed by atoms with Crippen LogP contribution in [-0.4, -0.2) is 26.3 Å². The topological polar surface area (TPSA) is 55.1 Å². The van der Waals surface area contributed by atoms with Crippen LogP contribution in [0, 0.1) is 0 Å². The van der Waals surface area contributed by atoms with Gasteiger partial charge in [-0.1, -0.05) is 65.8 Å². The molecule has 140 valence electrons. The third-order valence-electron chi connectivity index (χ3n) is 4.38. The summed E-state index contributed by atoms with van der Waals surface area (Å²) in [6, 6.07) is 23.7. The average molecular weight is 409 g/mol. The summed E-state index contributed by atoms with van der Waals surface area (Å²) >= 11 is 7.26. The molecule has 4 aromatic rings. The van der Waals surface area contributed by atoms with E-state index in [4.69, 9.17) is 11.6 Å². The Hall–Kier alpha value is -2.60. The van der Waals surface area contributed by atoms with Crippen LogP contribution in [0.25, 0.3) is 11.0 Å². The van der Waals surface area contributed by atoms with Crippen LogP contribution in [0.5, 0.6) is 0 Å². The predicted octanol–water partition coefficient (Wildman–Crippen LogP) is 5.20. The highest BCUT2D eigenvalue weighted by Crippen LogP contribution is 2.29. The molecule has 3 aromatic carbocycles. The van der Waals surface area contributed by atoms with Crippen molar-refractivity contribution in [3.05, 3.63) is 95.0 Å². The first kappa shape index (κ1) is 18.7. The number of nitrogens with zero attached hydrogens (tertiary/aromatic N) is 2. The van der Waals surface area contributed by atoms with Gasteiger partial charge in [0.05, 0.1) is 17.1 Å². The molecule has 28 heavy (non-hydrogen) atoms. The number of thioether (sulfide) groups is 1. The summed E-state index contributed by atoms with van der Waals surface area (Å²) in [6.07, 6.45) is -0.692. The summed E-state index contributed by atoms with van der Waals surface area (Å²) in [6.45, 7) is 0. The highest BCUT2D eigenvalue weighted by atomic mass is 35.5. The van der Waals surface area contributed by atoms with Gasteiger partial charge in [-0.25, -0.2) is 4.98 Å². The first-order valence-corrected chi connectivity index (χ1v) is 10.1. The summed E-state index contributed by atoms with van der Waals surface area (Å²) < 4.78 is 1.61. The fourth-order valence-corrected chi connectivity index (χ4v) is 4.04. The fraction of sp³-hybridized carbons (Fsp3) is 0.0909. The first-order chi connectivity index (χ1) is 13.6. The minimum Gasteiger partial charge on any atom is -0.388 e. The second-order valence-corrected chi connectivity index (χ2v) is 7.69. The SMILES string of the molecule is O=C(c1ccccc1)n1c(SC[C@@H](O)c2ccc(Cl)cc2)nc2ccccc21. The Kier molecular flexibility index (Phi) is 5.48. The van der Waals surface area contributed by atoms with Gasteiger partial charge in [0.25, 0.3) is 5.91 Å². The first-order valence-electron chi connectivity index (χ1n) is 8.77. The van der Waals surface area contributed by atoms with E-state index in [1.54, 1.807) is 41.0 Å². The molecule has 0 radical (unpaired) electrons. The average Bonchev–Trinajstić information content (AvgIpc) is 3.11. The summed E-state index contributed by atoms with van der Waals surface area (Å²) in [4.78, 5) is 17.7. The van der Waals surface area contributed by atoms with Crippen LogP contribution in [0.15, 0.2) is 84.0 Å².